The molecule has 4 rings (SSSR count). The van der Waals surface area contributed by atoms with Gasteiger partial charge in [-0.25, -0.2) is 9.37 Å². The zero-order chi connectivity index (χ0) is 18.1. The Morgan fingerprint density at radius 1 is 1.38 bits per heavy atom. The van der Waals surface area contributed by atoms with Gasteiger partial charge < -0.3 is 10.3 Å². The second-order valence-electron chi connectivity index (χ2n) is 6.69. The molecule has 3 heterocycles. The van der Waals surface area contributed by atoms with Crippen molar-refractivity contribution in [3.63, 3.8) is 0 Å². The molecule has 1 aliphatic heterocycles. The van der Waals surface area contributed by atoms with E-state index >= 15 is 0 Å². The summed E-state index contributed by atoms with van der Waals surface area (Å²) < 4.78 is 15.1. The number of benzene rings is 1. The zero-order valence-corrected chi connectivity index (χ0v) is 14.6. The first kappa shape index (κ1) is 16.7. The molecule has 8 heteroatoms. The molecule has 0 radical (unpaired) electrons. The van der Waals surface area contributed by atoms with E-state index in [1.807, 2.05) is 0 Å². The van der Waals surface area contributed by atoms with Crippen molar-refractivity contribution in [2.45, 2.75) is 25.3 Å². The topological polar surface area (TPSA) is 78.8 Å². The second-order valence-corrected chi connectivity index (χ2v) is 6.69. The van der Waals surface area contributed by atoms with E-state index in [0.717, 1.165) is 37.1 Å². The highest BCUT2D eigenvalue weighted by atomic mass is 19.1. The average Bonchev–Trinajstić information content (AvgIpc) is 3.20. The Kier molecular flexibility index (Phi) is 4.42. The van der Waals surface area contributed by atoms with Gasteiger partial charge in [-0.15, -0.1) is 0 Å². The molecule has 1 aromatic carbocycles. The Morgan fingerprint density at radius 3 is 3.08 bits per heavy atom. The number of nitrogens with one attached hydrogen (secondary N) is 2. The fourth-order valence-electron chi connectivity index (χ4n) is 3.50. The van der Waals surface area contributed by atoms with Crippen LogP contribution >= 0.6 is 0 Å². The highest BCUT2D eigenvalue weighted by Gasteiger charge is 2.28. The van der Waals surface area contributed by atoms with Gasteiger partial charge in [0.05, 0.1) is 23.6 Å². The van der Waals surface area contributed by atoms with Crippen molar-refractivity contribution in [2.75, 3.05) is 18.4 Å². The number of hydrogen-bond acceptors (Lipinski definition) is 4. The average molecular weight is 356 g/mol. The number of H-pyrrole nitrogens is 1. The van der Waals surface area contributed by atoms with Gasteiger partial charge in [-0.3, -0.25) is 14.4 Å². The highest BCUT2D eigenvalue weighted by Crippen LogP contribution is 2.30. The summed E-state index contributed by atoms with van der Waals surface area (Å²) in [6.07, 6.45) is 4.82. The first-order valence-electron chi connectivity index (χ1n) is 8.77. The van der Waals surface area contributed by atoms with Crippen LogP contribution in [0.25, 0.3) is 11.0 Å². The fourth-order valence-corrected chi connectivity index (χ4v) is 3.50. The molecule has 3 aromatic rings. The summed E-state index contributed by atoms with van der Waals surface area (Å²) >= 11 is 0. The number of rotatable bonds is 4. The van der Waals surface area contributed by atoms with E-state index in [1.54, 1.807) is 30.1 Å². The van der Waals surface area contributed by atoms with E-state index in [-0.39, 0.29) is 24.3 Å². The summed E-state index contributed by atoms with van der Waals surface area (Å²) in [6.45, 7) is 1.10. The van der Waals surface area contributed by atoms with Crippen LogP contribution in [0.5, 0.6) is 0 Å². The molecule has 0 unspecified atom stereocenters. The van der Waals surface area contributed by atoms with E-state index < -0.39 is 0 Å². The van der Waals surface area contributed by atoms with Crippen molar-refractivity contribution in [3.8, 4) is 0 Å². The van der Waals surface area contributed by atoms with Crippen LogP contribution in [0, 0.1) is 5.82 Å². The molecule has 1 amide bonds. The Labute approximate surface area is 150 Å². The molecule has 136 valence electrons. The van der Waals surface area contributed by atoms with E-state index in [9.17, 15) is 9.18 Å². The standard InChI is InChI=1S/C18H21FN6O/c1-24-9-7-16(23-24)22-17(26)11-25-8-3-2-4-15(25)18-20-13-6-5-12(19)10-14(13)21-18/h5-7,9-10,15H,2-4,8,11H2,1H3,(H,20,21)(H,22,23,26)/t15-/m1/s1. The quantitative estimate of drug-likeness (QED) is 0.753. The number of nitrogens with zero attached hydrogens (tertiary/aromatic N) is 4. The number of hydrogen-bond donors (Lipinski definition) is 2. The van der Waals surface area contributed by atoms with Gasteiger partial charge in [-0.2, -0.15) is 5.10 Å². The number of piperidine rings is 1. The minimum absolute atomic E-state index is 0.0219. The van der Waals surface area contributed by atoms with Gasteiger partial charge in [0.2, 0.25) is 5.91 Å². The normalized spacial score (nSPS) is 18.3. The fraction of sp³-hybridized carbons (Fsp3) is 0.389. The molecule has 0 spiro atoms. The van der Waals surface area contributed by atoms with Crippen LogP contribution in [0.15, 0.2) is 30.5 Å². The number of likely N-dealkylation sites (tertiary alicyclic amines) is 1. The molecule has 1 saturated heterocycles. The lowest BCUT2D eigenvalue weighted by Crippen LogP contribution is -2.39. The molecule has 2 aromatic heterocycles. The number of aromatic amines is 1. The lowest BCUT2D eigenvalue weighted by Gasteiger charge is -2.33. The lowest BCUT2D eigenvalue weighted by molar-refractivity contribution is -0.118. The van der Waals surface area contributed by atoms with E-state index in [1.165, 1.54) is 12.1 Å². The summed E-state index contributed by atoms with van der Waals surface area (Å²) in [6, 6.07) is 6.32. The van der Waals surface area contributed by atoms with Crippen LogP contribution in [0.1, 0.15) is 31.1 Å². The third-order valence-corrected chi connectivity index (χ3v) is 4.72. The zero-order valence-electron chi connectivity index (χ0n) is 14.6. The maximum Gasteiger partial charge on any atom is 0.239 e. The van der Waals surface area contributed by atoms with Crippen LogP contribution < -0.4 is 5.32 Å². The Balaban J connectivity index is 1.50. The lowest BCUT2D eigenvalue weighted by atomic mass is 10.0. The van der Waals surface area contributed by atoms with Crippen LogP contribution in [0.4, 0.5) is 10.2 Å². The van der Waals surface area contributed by atoms with Gasteiger partial charge in [-0.05, 0) is 37.6 Å². The number of amides is 1. The summed E-state index contributed by atoms with van der Waals surface area (Å²) in [5, 5.41) is 6.99. The van der Waals surface area contributed by atoms with Crippen LogP contribution in [0.3, 0.4) is 0 Å². The van der Waals surface area contributed by atoms with Crippen molar-refractivity contribution in [3.05, 3.63) is 42.1 Å². The van der Waals surface area contributed by atoms with E-state index in [2.05, 4.69) is 25.3 Å². The number of fused-ring (bicyclic) bond motifs is 1. The molecular formula is C18H21FN6O. The van der Waals surface area contributed by atoms with Gasteiger partial charge in [-0.1, -0.05) is 6.42 Å². The summed E-state index contributed by atoms with van der Waals surface area (Å²) in [5.41, 5.74) is 1.42. The molecule has 1 aliphatic rings. The molecule has 26 heavy (non-hydrogen) atoms. The smallest absolute Gasteiger partial charge is 0.239 e. The van der Waals surface area contributed by atoms with Gasteiger partial charge in [0.1, 0.15) is 11.6 Å². The molecule has 7 nitrogen and oxygen atoms in total. The first-order valence-corrected chi connectivity index (χ1v) is 8.77. The van der Waals surface area contributed by atoms with Crippen molar-refractivity contribution < 1.29 is 9.18 Å². The van der Waals surface area contributed by atoms with Gasteiger partial charge in [0.15, 0.2) is 5.82 Å². The molecule has 2 N–H and O–H groups in total. The third-order valence-electron chi connectivity index (χ3n) is 4.72. The maximum atomic E-state index is 13.4. The molecule has 1 atom stereocenters. The van der Waals surface area contributed by atoms with Crippen LogP contribution in [0.2, 0.25) is 0 Å². The van der Waals surface area contributed by atoms with Gasteiger partial charge in [0, 0.05) is 19.3 Å². The van der Waals surface area contributed by atoms with E-state index in [0.29, 0.717) is 11.3 Å². The Bertz CT molecular complexity index is 933. The predicted octanol–water partition coefficient (Wildman–Crippen LogP) is 2.60. The molecule has 0 bridgehead atoms. The van der Waals surface area contributed by atoms with Gasteiger partial charge in [0.25, 0.3) is 0 Å². The van der Waals surface area contributed by atoms with Crippen LogP contribution in [-0.2, 0) is 11.8 Å². The molecule has 0 aliphatic carbocycles. The van der Waals surface area contributed by atoms with Gasteiger partial charge >= 0.3 is 0 Å². The number of carbonyl (C=O) groups excluding carboxylic acids is 1. The van der Waals surface area contributed by atoms with Crippen molar-refractivity contribution in [2.24, 2.45) is 7.05 Å². The number of anilines is 1. The van der Waals surface area contributed by atoms with E-state index in [4.69, 9.17) is 0 Å². The van der Waals surface area contributed by atoms with Crippen molar-refractivity contribution in [1.29, 1.82) is 0 Å². The maximum absolute atomic E-state index is 13.4. The van der Waals surface area contributed by atoms with Crippen molar-refractivity contribution in [1.82, 2.24) is 24.6 Å². The Morgan fingerprint density at radius 2 is 2.27 bits per heavy atom. The van der Waals surface area contributed by atoms with Crippen molar-refractivity contribution >= 4 is 22.8 Å². The number of halogens is 1. The third kappa shape index (κ3) is 3.45. The number of aryl methyl sites for hydroxylation is 1. The minimum Gasteiger partial charge on any atom is -0.341 e. The summed E-state index contributed by atoms with van der Waals surface area (Å²) in [7, 11) is 1.81. The minimum atomic E-state index is -0.289. The monoisotopic (exact) mass is 356 g/mol. The SMILES string of the molecule is Cn1ccc(NC(=O)CN2CCCC[C@@H]2c2nc3ccc(F)cc3[nH]2)n1. The summed E-state index contributed by atoms with van der Waals surface area (Å²) in [4.78, 5) is 22.4. The number of carbonyl (C=O) groups is 1. The molecular weight excluding hydrogens is 335 g/mol. The van der Waals surface area contributed by atoms with Crippen LogP contribution in [-0.4, -0.2) is 43.6 Å². The largest absolute Gasteiger partial charge is 0.341 e. The number of aromatic nitrogens is 4. The highest BCUT2D eigenvalue weighted by molar-refractivity contribution is 5.91. The number of imidazole rings is 1. The predicted molar refractivity (Wildman–Crippen MR) is 96.1 cm³/mol. The second kappa shape index (κ2) is 6.87. The first-order chi connectivity index (χ1) is 12.6. The summed E-state index contributed by atoms with van der Waals surface area (Å²) in [5.74, 6) is 0.946. The molecule has 0 saturated carbocycles. The molecule has 1 fully saturated rings. The Hall–Kier alpha value is -2.74.